The van der Waals surface area contributed by atoms with Crippen LogP contribution in [0.15, 0.2) is 53.4 Å². The molecule has 0 aliphatic heterocycles. The second-order valence-electron chi connectivity index (χ2n) is 6.08. The van der Waals surface area contributed by atoms with E-state index in [1.807, 2.05) is 19.0 Å². The standard InChI is InChI=1S/C18H23FN2O3S/c1-21(2)16-7-9-17(10-8-16)25(23,24)20-12-14(13-22)11-15-5-3-4-6-18(15)19/h3-10,14,20,22H,11-13H2,1-2H3. The number of rotatable bonds is 8. The number of benzene rings is 2. The summed E-state index contributed by atoms with van der Waals surface area (Å²) in [6, 6.07) is 12.8. The smallest absolute Gasteiger partial charge is 0.240 e. The minimum Gasteiger partial charge on any atom is -0.396 e. The molecule has 136 valence electrons. The summed E-state index contributed by atoms with van der Waals surface area (Å²) >= 11 is 0. The average Bonchev–Trinajstić information content (AvgIpc) is 2.60. The molecule has 0 spiro atoms. The van der Waals surface area contributed by atoms with E-state index >= 15 is 0 Å². The lowest BCUT2D eigenvalue weighted by Crippen LogP contribution is -2.32. The topological polar surface area (TPSA) is 69.6 Å². The summed E-state index contributed by atoms with van der Waals surface area (Å²) in [5, 5.41) is 9.48. The fourth-order valence-corrected chi connectivity index (χ4v) is 3.53. The van der Waals surface area contributed by atoms with Crippen LogP contribution in [0.1, 0.15) is 5.56 Å². The Balaban J connectivity index is 2.03. The van der Waals surface area contributed by atoms with Crippen molar-refractivity contribution in [1.29, 1.82) is 0 Å². The van der Waals surface area contributed by atoms with E-state index < -0.39 is 15.9 Å². The van der Waals surface area contributed by atoms with Crippen molar-refractivity contribution in [2.45, 2.75) is 11.3 Å². The second kappa shape index (κ2) is 8.42. The van der Waals surface area contributed by atoms with Gasteiger partial charge in [0.2, 0.25) is 10.0 Å². The summed E-state index contributed by atoms with van der Waals surface area (Å²) in [4.78, 5) is 2.03. The summed E-state index contributed by atoms with van der Waals surface area (Å²) in [5.41, 5.74) is 1.35. The Morgan fingerprint density at radius 2 is 1.76 bits per heavy atom. The highest BCUT2D eigenvalue weighted by Gasteiger charge is 2.18. The average molecular weight is 366 g/mol. The van der Waals surface area contributed by atoms with Crippen molar-refractivity contribution in [1.82, 2.24) is 4.72 Å². The van der Waals surface area contributed by atoms with Gasteiger partial charge in [-0.05, 0) is 48.2 Å². The summed E-state index contributed by atoms with van der Waals surface area (Å²) in [6.45, 7) is -0.209. The van der Waals surface area contributed by atoms with Crippen LogP contribution < -0.4 is 9.62 Å². The molecule has 0 saturated heterocycles. The molecule has 0 fully saturated rings. The van der Waals surface area contributed by atoms with Gasteiger partial charge in [0, 0.05) is 32.9 Å². The predicted octanol–water partition coefficient (Wildman–Crippen LogP) is 2.02. The van der Waals surface area contributed by atoms with Crippen LogP contribution >= 0.6 is 0 Å². The number of anilines is 1. The lowest BCUT2D eigenvalue weighted by Gasteiger charge is -2.16. The van der Waals surface area contributed by atoms with Gasteiger partial charge in [-0.2, -0.15) is 0 Å². The van der Waals surface area contributed by atoms with E-state index in [0.717, 1.165) is 5.69 Å². The summed E-state index contributed by atoms with van der Waals surface area (Å²) in [5.74, 6) is -0.768. The van der Waals surface area contributed by atoms with Crippen molar-refractivity contribution in [3.05, 3.63) is 59.9 Å². The Kier molecular flexibility index (Phi) is 6.52. The zero-order chi connectivity index (χ0) is 18.4. The van der Waals surface area contributed by atoms with Crippen LogP contribution in [0.2, 0.25) is 0 Å². The minimum atomic E-state index is -3.68. The van der Waals surface area contributed by atoms with Gasteiger partial charge < -0.3 is 10.0 Å². The lowest BCUT2D eigenvalue weighted by atomic mass is 10.00. The molecule has 5 nitrogen and oxygen atoms in total. The molecular formula is C18H23FN2O3S. The molecular weight excluding hydrogens is 343 g/mol. The molecule has 0 bridgehead atoms. The van der Waals surface area contributed by atoms with Crippen LogP contribution in [-0.2, 0) is 16.4 Å². The Bertz CT molecular complexity index is 792. The molecule has 2 aromatic rings. The third-order valence-electron chi connectivity index (χ3n) is 3.95. The zero-order valence-electron chi connectivity index (χ0n) is 14.3. The first kappa shape index (κ1) is 19.4. The van der Waals surface area contributed by atoms with Gasteiger partial charge in [0.25, 0.3) is 0 Å². The predicted molar refractivity (Wildman–Crippen MR) is 96.6 cm³/mol. The van der Waals surface area contributed by atoms with E-state index in [4.69, 9.17) is 0 Å². The number of nitrogens with one attached hydrogen (secondary N) is 1. The van der Waals surface area contributed by atoms with E-state index in [2.05, 4.69) is 4.72 Å². The van der Waals surface area contributed by atoms with E-state index in [9.17, 15) is 17.9 Å². The SMILES string of the molecule is CN(C)c1ccc(S(=O)(=O)NCC(CO)Cc2ccccc2F)cc1. The van der Waals surface area contributed by atoms with Crippen molar-refractivity contribution in [2.75, 3.05) is 32.1 Å². The number of aliphatic hydroxyl groups is 1. The molecule has 25 heavy (non-hydrogen) atoms. The van der Waals surface area contributed by atoms with Crippen molar-refractivity contribution >= 4 is 15.7 Å². The van der Waals surface area contributed by atoms with Crippen molar-refractivity contribution in [2.24, 2.45) is 5.92 Å². The summed E-state index contributed by atoms with van der Waals surface area (Å²) in [7, 11) is 0.0590. The molecule has 0 aromatic heterocycles. The van der Waals surface area contributed by atoms with Gasteiger partial charge >= 0.3 is 0 Å². The van der Waals surface area contributed by atoms with Crippen molar-refractivity contribution in [3.8, 4) is 0 Å². The maximum absolute atomic E-state index is 13.7. The Labute approximate surface area is 148 Å². The molecule has 0 aliphatic rings. The van der Waals surface area contributed by atoms with Gasteiger partial charge in [-0.1, -0.05) is 18.2 Å². The second-order valence-corrected chi connectivity index (χ2v) is 7.85. The van der Waals surface area contributed by atoms with Gasteiger partial charge in [0.15, 0.2) is 0 Å². The first-order valence-corrected chi connectivity index (χ1v) is 9.43. The van der Waals surface area contributed by atoms with E-state index in [-0.39, 0.29) is 30.3 Å². The first-order chi connectivity index (χ1) is 11.8. The Morgan fingerprint density at radius 1 is 1.12 bits per heavy atom. The van der Waals surface area contributed by atoms with Crippen LogP contribution in [0.4, 0.5) is 10.1 Å². The monoisotopic (exact) mass is 366 g/mol. The molecule has 1 atom stereocenters. The van der Waals surface area contributed by atoms with Gasteiger partial charge in [-0.25, -0.2) is 17.5 Å². The maximum Gasteiger partial charge on any atom is 0.240 e. The van der Waals surface area contributed by atoms with E-state index in [1.165, 1.54) is 18.2 Å². The highest BCUT2D eigenvalue weighted by molar-refractivity contribution is 7.89. The molecule has 0 saturated carbocycles. The van der Waals surface area contributed by atoms with Crippen LogP contribution in [0.5, 0.6) is 0 Å². The molecule has 0 heterocycles. The van der Waals surface area contributed by atoms with E-state index in [0.29, 0.717) is 5.56 Å². The number of nitrogens with zero attached hydrogens (tertiary/aromatic N) is 1. The fraction of sp³-hybridized carbons (Fsp3) is 0.333. The zero-order valence-corrected chi connectivity index (χ0v) is 15.1. The summed E-state index contributed by atoms with van der Waals surface area (Å²) < 4.78 is 40.9. The fourth-order valence-electron chi connectivity index (χ4n) is 2.41. The molecule has 2 rings (SSSR count). The summed E-state index contributed by atoms with van der Waals surface area (Å²) in [6.07, 6.45) is 0.255. The van der Waals surface area contributed by atoms with Crippen LogP contribution in [0.25, 0.3) is 0 Å². The molecule has 0 aliphatic carbocycles. The first-order valence-electron chi connectivity index (χ1n) is 7.95. The Morgan fingerprint density at radius 3 is 2.32 bits per heavy atom. The molecule has 1 unspecified atom stereocenters. The third-order valence-corrected chi connectivity index (χ3v) is 5.39. The van der Waals surface area contributed by atoms with Gasteiger partial charge in [-0.15, -0.1) is 0 Å². The van der Waals surface area contributed by atoms with Crippen LogP contribution in [0, 0.1) is 11.7 Å². The lowest BCUT2D eigenvalue weighted by molar-refractivity contribution is 0.226. The highest BCUT2D eigenvalue weighted by Crippen LogP contribution is 2.17. The van der Waals surface area contributed by atoms with E-state index in [1.54, 1.807) is 30.3 Å². The largest absolute Gasteiger partial charge is 0.396 e. The molecule has 2 aromatic carbocycles. The number of sulfonamides is 1. The maximum atomic E-state index is 13.7. The minimum absolute atomic E-state index is 0.0304. The van der Waals surface area contributed by atoms with Gasteiger partial charge in [0.1, 0.15) is 5.82 Å². The highest BCUT2D eigenvalue weighted by atomic mass is 32.2. The third kappa shape index (κ3) is 5.26. The molecule has 0 amide bonds. The van der Waals surface area contributed by atoms with Crippen LogP contribution in [-0.4, -0.2) is 40.8 Å². The number of hydrogen-bond acceptors (Lipinski definition) is 4. The van der Waals surface area contributed by atoms with Gasteiger partial charge in [0.05, 0.1) is 4.90 Å². The van der Waals surface area contributed by atoms with Crippen molar-refractivity contribution < 1.29 is 17.9 Å². The normalized spacial score (nSPS) is 12.8. The quantitative estimate of drug-likeness (QED) is 0.750. The molecule has 0 radical (unpaired) electrons. The molecule has 7 heteroatoms. The number of hydrogen-bond donors (Lipinski definition) is 2. The number of halogens is 1. The van der Waals surface area contributed by atoms with Gasteiger partial charge in [-0.3, -0.25) is 0 Å². The van der Waals surface area contributed by atoms with Crippen molar-refractivity contribution in [3.63, 3.8) is 0 Å². The number of aliphatic hydroxyl groups excluding tert-OH is 1. The Hall–Kier alpha value is -1.96. The van der Waals surface area contributed by atoms with Crippen LogP contribution in [0.3, 0.4) is 0 Å². The molecule has 2 N–H and O–H groups in total.